The highest BCUT2D eigenvalue weighted by Crippen LogP contribution is 2.34. The van der Waals surface area contributed by atoms with E-state index in [0.717, 1.165) is 32.4 Å². The fraction of sp³-hybridized carbons (Fsp3) is 0.571. The molecule has 2 atom stereocenters. The molecule has 3 rings (SSSR count). The molecular weight excluding hydrogens is 367 g/mol. The maximum atomic E-state index is 12.9. The van der Waals surface area contributed by atoms with Crippen molar-refractivity contribution in [3.8, 4) is 0 Å². The third-order valence-corrected chi connectivity index (χ3v) is 6.90. The third kappa shape index (κ3) is 3.55. The summed E-state index contributed by atoms with van der Waals surface area (Å²) in [7, 11) is -3.42. The minimum Gasteiger partial charge on any atom is -0.315 e. The largest absolute Gasteiger partial charge is 0.315 e. The average molecular weight is 386 g/mol. The molecule has 22 heavy (non-hydrogen) atoms. The normalized spacial score (nSPS) is 25.5. The van der Waals surface area contributed by atoms with Crippen molar-refractivity contribution in [3.05, 3.63) is 33.8 Å². The van der Waals surface area contributed by atoms with Gasteiger partial charge in [-0.25, -0.2) is 8.42 Å². The van der Waals surface area contributed by atoms with Crippen LogP contribution in [-0.4, -0.2) is 37.9 Å². The van der Waals surface area contributed by atoms with E-state index in [1.165, 1.54) is 0 Å². The molecule has 124 valence electrons. The fourth-order valence-electron chi connectivity index (χ4n) is 3.32. The Balaban J connectivity index is 0.00000176. The second-order valence-corrected chi connectivity index (χ2v) is 8.35. The van der Waals surface area contributed by atoms with Gasteiger partial charge < -0.3 is 5.32 Å². The first-order valence-corrected chi connectivity index (χ1v) is 9.50. The van der Waals surface area contributed by atoms with Crippen LogP contribution in [0.3, 0.4) is 0 Å². The van der Waals surface area contributed by atoms with E-state index in [0.29, 0.717) is 15.6 Å². The van der Waals surface area contributed by atoms with E-state index in [9.17, 15) is 8.42 Å². The SMILES string of the molecule is Cl.O=S(=O)(Cc1c(Cl)cccc1Cl)N1C2CCNCC1CC2. The molecule has 0 spiro atoms. The lowest BCUT2D eigenvalue weighted by Gasteiger charge is -2.27. The van der Waals surface area contributed by atoms with Crippen molar-refractivity contribution in [1.29, 1.82) is 0 Å². The molecule has 0 saturated carbocycles. The van der Waals surface area contributed by atoms with E-state index >= 15 is 0 Å². The smallest absolute Gasteiger partial charge is 0.218 e. The van der Waals surface area contributed by atoms with Gasteiger partial charge in [0, 0.05) is 34.2 Å². The van der Waals surface area contributed by atoms with Gasteiger partial charge in [-0.05, 0) is 37.9 Å². The predicted octanol–water partition coefficient (Wildman–Crippen LogP) is 3.07. The summed E-state index contributed by atoms with van der Waals surface area (Å²) in [6.45, 7) is 1.60. The number of halogens is 3. The Hall–Kier alpha value is -0.0400. The lowest BCUT2D eigenvalue weighted by atomic mass is 10.1. The maximum absolute atomic E-state index is 12.9. The Kier molecular flexibility index (Phi) is 6.02. The fourth-order valence-corrected chi connectivity index (χ4v) is 6.13. The minimum atomic E-state index is -3.42. The van der Waals surface area contributed by atoms with Crippen LogP contribution in [-0.2, 0) is 15.8 Å². The second-order valence-electron chi connectivity index (χ2n) is 5.66. The van der Waals surface area contributed by atoms with Crippen LogP contribution in [0.25, 0.3) is 0 Å². The van der Waals surface area contributed by atoms with Gasteiger partial charge in [0.2, 0.25) is 10.0 Å². The Morgan fingerprint density at radius 3 is 2.45 bits per heavy atom. The van der Waals surface area contributed by atoms with Crippen LogP contribution in [0.2, 0.25) is 10.0 Å². The van der Waals surface area contributed by atoms with Gasteiger partial charge in [0.15, 0.2) is 0 Å². The van der Waals surface area contributed by atoms with Crippen molar-refractivity contribution in [1.82, 2.24) is 9.62 Å². The average Bonchev–Trinajstić information content (AvgIpc) is 2.68. The standard InChI is InChI=1S/C14H18Cl2N2O2S.ClH/c15-13-2-1-3-14(16)12(13)9-21(19,20)18-10-4-5-11(18)8-17-7-6-10;/h1-3,10-11,17H,4-9H2;1H. The molecule has 2 bridgehead atoms. The van der Waals surface area contributed by atoms with Gasteiger partial charge in [0.25, 0.3) is 0 Å². The van der Waals surface area contributed by atoms with Gasteiger partial charge in [0.1, 0.15) is 0 Å². The molecule has 2 unspecified atom stereocenters. The van der Waals surface area contributed by atoms with Gasteiger partial charge in [-0.3, -0.25) is 0 Å². The molecule has 4 nitrogen and oxygen atoms in total. The maximum Gasteiger partial charge on any atom is 0.218 e. The summed E-state index contributed by atoms with van der Waals surface area (Å²) in [6, 6.07) is 5.24. The first kappa shape index (κ1) is 18.3. The van der Waals surface area contributed by atoms with Crippen molar-refractivity contribution >= 4 is 45.6 Å². The number of hydrogen-bond acceptors (Lipinski definition) is 3. The van der Waals surface area contributed by atoms with E-state index in [1.54, 1.807) is 22.5 Å². The number of hydrogen-bond donors (Lipinski definition) is 1. The molecule has 2 heterocycles. The summed E-state index contributed by atoms with van der Waals surface area (Å²) < 4.78 is 27.4. The molecular formula is C14H19Cl3N2O2S. The topological polar surface area (TPSA) is 49.4 Å². The molecule has 0 aliphatic carbocycles. The Bertz CT molecular complexity index is 605. The number of rotatable bonds is 3. The van der Waals surface area contributed by atoms with Crippen LogP contribution < -0.4 is 5.32 Å². The monoisotopic (exact) mass is 384 g/mol. The first-order chi connectivity index (χ1) is 9.99. The van der Waals surface area contributed by atoms with E-state index in [2.05, 4.69) is 5.32 Å². The van der Waals surface area contributed by atoms with Crippen LogP contribution in [0, 0.1) is 0 Å². The van der Waals surface area contributed by atoms with Gasteiger partial charge in [0.05, 0.1) is 5.75 Å². The summed E-state index contributed by atoms with van der Waals surface area (Å²) in [5, 5.41) is 4.13. The highest BCUT2D eigenvalue weighted by atomic mass is 35.5. The molecule has 8 heteroatoms. The van der Waals surface area contributed by atoms with Crippen LogP contribution in [0.5, 0.6) is 0 Å². The molecule has 0 aromatic heterocycles. The van der Waals surface area contributed by atoms with Crippen LogP contribution in [0.1, 0.15) is 24.8 Å². The molecule has 1 aromatic rings. The van der Waals surface area contributed by atoms with Crippen molar-refractivity contribution < 1.29 is 8.42 Å². The number of sulfonamides is 1. The summed E-state index contributed by atoms with van der Waals surface area (Å²) in [6.07, 6.45) is 2.74. The zero-order valence-electron chi connectivity index (χ0n) is 12.0. The van der Waals surface area contributed by atoms with Crippen LogP contribution in [0.4, 0.5) is 0 Å². The number of benzene rings is 1. The van der Waals surface area contributed by atoms with Gasteiger partial charge in [-0.15, -0.1) is 12.4 Å². The van der Waals surface area contributed by atoms with Crippen molar-refractivity contribution in [2.75, 3.05) is 13.1 Å². The second kappa shape index (κ2) is 7.24. The van der Waals surface area contributed by atoms with E-state index in [-0.39, 0.29) is 30.2 Å². The predicted molar refractivity (Wildman–Crippen MR) is 92.5 cm³/mol. The number of nitrogens with zero attached hydrogens (tertiary/aromatic N) is 1. The van der Waals surface area contributed by atoms with Gasteiger partial charge in [-0.2, -0.15) is 4.31 Å². The number of fused-ring (bicyclic) bond motifs is 2. The summed E-state index contributed by atoms with van der Waals surface area (Å²) in [4.78, 5) is 0. The van der Waals surface area contributed by atoms with Gasteiger partial charge in [-0.1, -0.05) is 29.3 Å². The molecule has 2 aliphatic rings. The van der Waals surface area contributed by atoms with E-state index in [1.807, 2.05) is 0 Å². The Morgan fingerprint density at radius 2 is 1.77 bits per heavy atom. The third-order valence-electron chi connectivity index (χ3n) is 4.30. The Morgan fingerprint density at radius 1 is 1.14 bits per heavy atom. The Labute approximate surface area is 147 Å². The van der Waals surface area contributed by atoms with E-state index < -0.39 is 10.0 Å². The molecule has 2 aliphatic heterocycles. The molecule has 1 aromatic carbocycles. The molecule has 2 fully saturated rings. The lowest BCUT2D eigenvalue weighted by Crippen LogP contribution is -2.43. The highest BCUT2D eigenvalue weighted by molar-refractivity contribution is 7.88. The highest BCUT2D eigenvalue weighted by Gasteiger charge is 2.42. The van der Waals surface area contributed by atoms with Crippen LogP contribution >= 0.6 is 35.6 Å². The minimum absolute atomic E-state index is 0. The molecule has 1 N–H and O–H groups in total. The molecule has 2 saturated heterocycles. The van der Waals surface area contributed by atoms with Crippen molar-refractivity contribution in [2.45, 2.75) is 37.1 Å². The molecule has 0 radical (unpaired) electrons. The molecule has 0 amide bonds. The van der Waals surface area contributed by atoms with E-state index in [4.69, 9.17) is 23.2 Å². The summed E-state index contributed by atoms with van der Waals surface area (Å²) in [5.74, 6) is -0.126. The summed E-state index contributed by atoms with van der Waals surface area (Å²) in [5.41, 5.74) is 0.498. The first-order valence-electron chi connectivity index (χ1n) is 7.14. The summed E-state index contributed by atoms with van der Waals surface area (Å²) >= 11 is 12.2. The number of nitrogens with one attached hydrogen (secondary N) is 1. The van der Waals surface area contributed by atoms with Crippen molar-refractivity contribution in [2.24, 2.45) is 0 Å². The van der Waals surface area contributed by atoms with Crippen LogP contribution in [0.15, 0.2) is 18.2 Å². The quantitative estimate of drug-likeness (QED) is 0.870. The zero-order valence-corrected chi connectivity index (χ0v) is 15.1. The van der Waals surface area contributed by atoms with Crippen molar-refractivity contribution in [3.63, 3.8) is 0 Å². The lowest BCUT2D eigenvalue weighted by molar-refractivity contribution is 0.334. The van der Waals surface area contributed by atoms with Gasteiger partial charge >= 0.3 is 0 Å². The zero-order chi connectivity index (χ0) is 15.0.